The first kappa shape index (κ1) is 26.1. The number of halogens is 1. The molecule has 0 radical (unpaired) electrons. The Morgan fingerprint density at radius 1 is 1.19 bits per heavy atom. The second-order valence-corrected chi connectivity index (χ2v) is 12.5. The molecule has 2 aromatic carbocycles. The molecule has 3 fully saturated rings. The van der Waals surface area contributed by atoms with E-state index in [1.807, 2.05) is 37.3 Å². The van der Waals surface area contributed by atoms with Gasteiger partial charge in [-0.15, -0.1) is 11.8 Å². The lowest BCUT2D eigenvalue weighted by molar-refractivity contribution is -0.155. The number of thioether (sulfide) groups is 1. The maximum atomic E-state index is 14.2. The minimum absolute atomic E-state index is 0.220. The van der Waals surface area contributed by atoms with Crippen LogP contribution in [0.25, 0.3) is 0 Å². The van der Waals surface area contributed by atoms with Crippen molar-refractivity contribution in [3.8, 4) is 0 Å². The largest absolute Gasteiger partial charge is 0.466 e. The third-order valence-corrected chi connectivity index (χ3v) is 10.4. The Kier molecular flexibility index (Phi) is 7.02. The van der Waals surface area contributed by atoms with Crippen LogP contribution < -0.4 is 5.32 Å². The van der Waals surface area contributed by atoms with Gasteiger partial charge in [-0.1, -0.05) is 54.1 Å². The SMILES string of the molecule is CCOC(=O)[C@@H]1[C@H]2C(=O)N([C@@H](CO)Cc3ccccc3)C(C(=O)Nc3ccccc3Cl)C23CC[C@@]1(C)S3. The molecule has 6 atom stereocenters. The molecular formula is C28H31ClN2O5S. The van der Waals surface area contributed by atoms with Crippen molar-refractivity contribution in [2.24, 2.45) is 11.8 Å². The Balaban J connectivity index is 1.58. The zero-order valence-corrected chi connectivity index (χ0v) is 22.4. The van der Waals surface area contributed by atoms with Crippen molar-refractivity contribution in [1.29, 1.82) is 0 Å². The highest BCUT2D eigenvalue weighted by molar-refractivity contribution is 8.02. The van der Waals surface area contributed by atoms with E-state index >= 15 is 0 Å². The number of hydrogen-bond acceptors (Lipinski definition) is 6. The zero-order chi connectivity index (χ0) is 26.4. The number of aliphatic hydroxyl groups excluding tert-OH is 1. The molecule has 7 nitrogen and oxygen atoms in total. The normalized spacial score (nSPS) is 30.8. The van der Waals surface area contributed by atoms with Gasteiger partial charge in [-0.3, -0.25) is 14.4 Å². The minimum atomic E-state index is -0.881. The first-order valence-electron chi connectivity index (χ1n) is 12.6. The summed E-state index contributed by atoms with van der Waals surface area (Å²) >= 11 is 7.91. The van der Waals surface area contributed by atoms with Gasteiger partial charge in [0.05, 0.1) is 46.5 Å². The number of nitrogens with zero attached hydrogens (tertiary/aromatic N) is 1. The van der Waals surface area contributed by atoms with Gasteiger partial charge in [-0.05, 0) is 50.8 Å². The number of amides is 2. The number of ether oxygens (including phenoxy) is 1. The van der Waals surface area contributed by atoms with E-state index < -0.39 is 39.4 Å². The molecule has 3 aliphatic rings. The molecule has 2 bridgehead atoms. The maximum absolute atomic E-state index is 14.2. The summed E-state index contributed by atoms with van der Waals surface area (Å²) in [5, 5.41) is 13.8. The van der Waals surface area contributed by atoms with Gasteiger partial charge >= 0.3 is 5.97 Å². The highest BCUT2D eigenvalue weighted by Crippen LogP contribution is 2.71. The van der Waals surface area contributed by atoms with E-state index in [-0.39, 0.29) is 25.0 Å². The topological polar surface area (TPSA) is 95.9 Å². The molecule has 1 spiro atoms. The van der Waals surface area contributed by atoms with Crippen LogP contribution in [0.2, 0.25) is 5.02 Å². The van der Waals surface area contributed by atoms with Crippen molar-refractivity contribution in [3.05, 3.63) is 65.2 Å². The predicted molar refractivity (Wildman–Crippen MR) is 143 cm³/mol. The summed E-state index contributed by atoms with van der Waals surface area (Å²) in [7, 11) is 0. The van der Waals surface area contributed by atoms with Crippen LogP contribution in [0.1, 0.15) is 32.3 Å². The van der Waals surface area contributed by atoms with Gasteiger partial charge in [0.2, 0.25) is 11.8 Å². The van der Waals surface area contributed by atoms with E-state index in [1.54, 1.807) is 47.9 Å². The number of carbonyl (C=O) groups excluding carboxylic acids is 3. The fraction of sp³-hybridized carbons (Fsp3) is 0.464. The van der Waals surface area contributed by atoms with Gasteiger partial charge in [-0.2, -0.15) is 0 Å². The molecule has 0 saturated carbocycles. The van der Waals surface area contributed by atoms with E-state index in [4.69, 9.17) is 16.3 Å². The molecule has 3 saturated heterocycles. The lowest BCUT2D eigenvalue weighted by atomic mass is 9.66. The Morgan fingerprint density at radius 2 is 1.89 bits per heavy atom. The van der Waals surface area contributed by atoms with Crippen molar-refractivity contribution in [1.82, 2.24) is 4.90 Å². The summed E-state index contributed by atoms with van der Waals surface area (Å²) in [5.41, 5.74) is 1.40. The fourth-order valence-corrected chi connectivity index (χ4v) is 9.06. The van der Waals surface area contributed by atoms with E-state index in [0.29, 0.717) is 30.0 Å². The van der Waals surface area contributed by atoms with Gasteiger partial charge in [0.15, 0.2) is 0 Å². The Hall–Kier alpha value is -2.55. The average Bonchev–Trinajstić information content (AvgIpc) is 3.45. The summed E-state index contributed by atoms with van der Waals surface area (Å²) in [6.07, 6.45) is 1.69. The van der Waals surface area contributed by atoms with Gasteiger partial charge in [-0.25, -0.2) is 0 Å². The number of fused-ring (bicyclic) bond motifs is 1. The quantitative estimate of drug-likeness (QED) is 0.491. The zero-order valence-electron chi connectivity index (χ0n) is 20.9. The molecule has 2 unspecified atom stereocenters. The number of nitrogens with one attached hydrogen (secondary N) is 1. The number of likely N-dealkylation sites (tertiary alicyclic amines) is 1. The standard InChI is InChI=1S/C28H31ClN2O5S/c1-3-36-26(35)22-21-25(34)31(18(16-32)15-17-9-5-4-6-10-17)23(28(21)14-13-27(22,2)37-28)24(33)30-20-12-8-7-11-19(20)29/h4-12,18,21-23,32H,3,13-16H2,1-2H3,(H,30,33)/t18-,21+,22+,23?,27-,28?/m1/s1. The average molecular weight is 543 g/mol. The van der Waals surface area contributed by atoms with Crippen LogP contribution in [-0.2, 0) is 25.5 Å². The monoisotopic (exact) mass is 542 g/mol. The molecule has 2 N–H and O–H groups in total. The van der Waals surface area contributed by atoms with Crippen LogP contribution in [0, 0.1) is 11.8 Å². The van der Waals surface area contributed by atoms with Crippen LogP contribution in [0.4, 0.5) is 5.69 Å². The molecule has 196 valence electrons. The molecular weight excluding hydrogens is 512 g/mol. The Labute approximate surface area is 225 Å². The van der Waals surface area contributed by atoms with E-state index in [9.17, 15) is 19.5 Å². The maximum Gasteiger partial charge on any atom is 0.311 e. The van der Waals surface area contributed by atoms with Crippen LogP contribution in [0.5, 0.6) is 0 Å². The molecule has 3 aliphatic heterocycles. The first-order chi connectivity index (χ1) is 17.8. The number of anilines is 1. The molecule has 5 rings (SSSR count). The number of esters is 1. The van der Waals surface area contributed by atoms with Crippen molar-refractivity contribution in [2.75, 3.05) is 18.5 Å². The smallest absolute Gasteiger partial charge is 0.311 e. The predicted octanol–water partition coefficient (Wildman–Crippen LogP) is 3.93. The van der Waals surface area contributed by atoms with Gasteiger partial charge in [0, 0.05) is 4.75 Å². The van der Waals surface area contributed by atoms with E-state index in [0.717, 1.165) is 5.56 Å². The first-order valence-corrected chi connectivity index (χ1v) is 13.8. The summed E-state index contributed by atoms with van der Waals surface area (Å²) in [5.74, 6) is -2.40. The second-order valence-electron chi connectivity index (χ2n) is 10.2. The lowest BCUT2D eigenvalue weighted by Crippen LogP contribution is -2.55. The van der Waals surface area contributed by atoms with E-state index in [1.165, 1.54) is 0 Å². The van der Waals surface area contributed by atoms with Crippen molar-refractivity contribution in [3.63, 3.8) is 0 Å². The highest BCUT2D eigenvalue weighted by Gasteiger charge is 2.78. The molecule has 2 aromatic rings. The van der Waals surface area contributed by atoms with E-state index in [2.05, 4.69) is 5.32 Å². The van der Waals surface area contributed by atoms with Gasteiger partial charge in [0.25, 0.3) is 0 Å². The van der Waals surface area contributed by atoms with Crippen LogP contribution in [-0.4, -0.2) is 62.6 Å². The molecule has 37 heavy (non-hydrogen) atoms. The number of hydrogen-bond donors (Lipinski definition) is 2. The minimum Gasteiger partial charge on any atom is -0.466 e. The fourth-order valence-electron chi connectivity index (χ4n) is 6.55. The molecule has 2 amide bonds. The van der Waals surface area contributed by atoms with Gasteiger partial charge in [0.1, 0.15) is 6.04 Å². The van der Waals surface area contributed by atoms with Gasteiger partial charge < -0.3 is 20.1 Å². The number of carbonyl (C=O) groups is 3. The number of rotatable bonds is 8. The highest BCUT2D eigenvalue weighted by atomic mass is 35.5. The Bertz CT molecular complexity index is 1210. The lowest BCUT2D eigenvalue weighted by Gasteiger charge is -2.37. The molecule has 0 aliphatic carbocycles. The molecule has 3 heterocycles. The summed E-state index contributed by atoms with van der Waals surface area (Å²) in [4.78, 5) is 43.0. The number of para-hydroxylation sites is 1. The summed E-state index contributed by atoms with van der Waals surface area (Å²) in [6, 6.07) is 15.0. The summed E-state index contributed by atoms with van der Waals surface area (Å²) < 4.78 is 4.12. The van der Waals surface area contributed by atoms with Crippen molar-refractivity contribution < 1.29 is 24.2 Å². The van der Waals surface area contributed by atoms with Crippen LogP contribution >= 0.6 is 23.4 Å². The third-order valence-electron chi connectivity index (χ3n) is 8.05. The molecule has 9 heteroatoms. The second kappa shape index (κ2) is 9.97. The van der Waals surface area contributed by atoms with Crippen LogP contribution in [0.3, 0.4) is 0 Å². The third kappa shape index (κ3) is 4.23. The van der Waals surface area contributed by atoms with Crippen molar-refractivity contribution in [2.45, 2.75) is 54.7 Å². The number of benzene rings is 2. The Morgan fingerprint density at radius 3 is 2.57 bits per heavy atom. The van der Waals surface area contributed by atoms with Crippen LogP contribution in [0.15, 0.2) is 54.6 Å². The summed E-state index contributed by atoms with van der Waals surface area (Å²) in [6.45, 7) is 3.66. The van der Waals surface area contributed by atoms with Crippen molar-refractivity contribution >= 4 is 46.8 Å². The number of aliphatic hydroxyl groups is 1. The molecule has 0 aromatic heterocycles.